The molecule has 118 valence electrons. The Morgan fingerprint density at radius 3 is 2.24 bits per heavy atom. The van der Waals surface area contributed by atoms with Gasteiger partial charge in [-0.25, -0.2) is 9.97 Å². The summed E-state index contributed by atoms with van der Waals surface area (Å²) in [6, 6.07) is 1.34. The topological polar surface area (TPSA) is 78.9 Å². The van der Waals surface area contributed by atoms with Gasteiger partial charge in [-0.15, -0.1) is 0 Å². The van der Waals surface area contributed by atoms with E-state index < -0.39 is 17.4 Å². The number of hydrogen-bond acceptors (Lipinski definition) is 5. The number of nitrogens with one attached hydrogen (secondary N) is 3. The number of aromatic nitrogens is 2. The molecule has 0 aromatic carbocycles. The fraction of sp³-hybridized carbons (Fsp3) is 0.583. The van der Waals surface area contributed by atoms with Crippen LogP contribution in [-0.2, 0) is 11.0 Å². The Morgan fingerprint density at radius 1 is 1.19 bits per heavy atom. The highest BCUT2D eigenvalue weighted by molar-refractivity contribution is 5.82. The van der Waals surface area contributed by atoms with E-state index in [1.807, 2.05) is 0 Å². The fourth-order valence-electron chi connectivity index (χ4n) is 1.52. The summed E-state index contributed by atoms with van der Waals surface area (Å²) in [6.07, 6.45) is -4.64. The van der Waals surface area contributed by atoms with Gasteiger partial charge in [0.05, 0.1) is 5.41 Å². The van der Waals surface area contributed by atoms with Gasteiger partial charge in [0, 0.05) is 26.7 Å². The van der Waals surface area contributed by atoms with Crippen molar-refractivity contribution in [3.63, 3.8) is 0 Å². The van der Waals surface area contributed by atoms with E-state index >= 15 is 0 Å². The molecule has 1 heterocycles. The van der Waals surface area contributed by atoms with Crippen molar-refractivity contribution < 1.29 is 18.0 Å². The second kappa shape index (κ2) is 6.15. The summed E-state index contributed by atoms with van der Waals surface area (Å²) in [6.45, 7) is 3.47. The molecule has 0 aliphatic carbocycles. The van der Waals surface area contributed by atoms with Crippen LogP contribution in [0.5, 0.6) is 0 Å². The lowest BCUT2D eigenvalue weighted by atomic mass is 9.92. The van der Waals surface area contributed by atoms with Crippen molar-refractivity contribution in [2.75, 3.05) is 31.3 Å². The first kappa shape index (κ1) is 17.0. The highest BCUT2D eigenvalue weighted by Crippen LogP contribution is 2.28. The summed E-state index contributed by atoms with van der Waals surface area (Å²) in [7, 11) is 2.95. The van der Waals surface area contributed by atoms with Crippen LogP contribution in [0.3, 0.4) is 0 Å². The van der Waals surface area contributed by atoms with Crippen molar-refractivity contribution in [2.45, 2.75) is 20.0 Å². The lowest BCUT2D eigenvalue weighted by Gasteiger charge is -2.23. The summed E-state index contributed by atoms with van der Waals surface area (Å²) in [5.74, 6) is -1.43. The highest BCUT2D eigenvalue weighted by Gasteiger charge is 2.35. The minimum Gasteiger partial charge on any atom is -0.373 e. The van der Waals surface area contributed by atoms with Crippen LogP contribution in [0.25, 0.3) is 0 Å². The largest absolute Gasteiger partial charge is 0.451 e. The molecule has 6 nitrogen and oxygen atoms in total. The molecule has 0 atom stereocenters. The van der Waals surface area contributed by atoms with E-state index in [4.69, 9.17) is 0 Å². The molecule has 0 spiro atoms. The zero-order chi connectivity index (χ0) is 16.3. The van der Waals surface area contributed by atoms with Crippen LogP contribution >= 0.6 is 0 Å². The van der Waals surface area contributed by atoms with Crippen LogP contribution in [0.2, 0.25) is 0 Å². The normalized spacial score (nSPS) is 12.0. The molecule has 3 N–H and O–H groups in total. The van der Waals surface area contributed by atoms with Gasteiger partial charge in [0.15, 0.2) is 0 Å². The first-order chi connectivity index (χ1) is 9.60. The molecule has 0 aliphatic heterocycles. The maximum absolute atomic E-state index is 12.7. The average molecular weight is 305 g/mol. The van der Waals surface area contributed by atoms with E-state index in [0.29, 0.717) is 0 Å². The van der Waals surface area contributed by atoms with Gasteiger partial charge in [0.25, 0.3) is 0 Å². The van der Waals surface area contributed by atoms with E-state index in [-0.39, 0.29) is 24.1 Å². The average Bonchev–Trinajstić information content (AvgIpc) is 2.42. The van der Waals surface area contributed by atoms with Gasteiger partial charge in [0.1, 0.15) is 11.6 Å². The van der Waals surface area contributed by atoms with Gasteiger partial charge >= 0.3 is 6.18 Å². The maximum Gasteiger partial charge on any atom is 0.451 e. The number of rotatable bonds is 5. The summed E-state index contributed by atoms with van der Waals surface area (Å²) in [5.41, 5.74) is -0.794. The Hall–Kier alpha value is -2.06. The monoisotopic (exact) mass is 305 g/mol. The number of alkyl halides is 3. The molecular formula is C12H18F3N5O. The van der Waals surface area contributed by atoms with Crippen LogP contribution in [0, 0.1) is 5.41 Å². The van der Waals surface area contributed by atoms with Crippen molar-refractivity contribution in [1.29, 1.82) is 0 Å². The van der Waals surface area contributed by atoms with E-state index in [0.717, 1.165) is 0 Å². The zero-order valence-corrected chi connectivity index (χ0v) is 12.2. The molecule has 0 radical (unpaired) electrons. The van der Waals surface area contributed by atoms with Gasteiger partial charge in [-0.1, -0.05) is 0 Å². The number of nitrogens with zero attached hydrogens (tertiary/aromatic N) is 2. The SMILES string of the molecule is CNC(=O)C(C)(C)CNc1cc(NC)nc(C(F)(F)F)n1. The van der Waals surface area contributed by atoms with Gasteiger partial charge in [-0.05, 0) is 13.8 Å². The molecule has 0 bridgehead atoms. The minimum absolute atomic E-state index is 0.00125. The molecule has 0 aliphatic rings. The Balaban J connectivity index is 2.96. The molecule has 21 heavy (non-hydrogen) atoms. The Morgan fingerprint density at radius 2 is 1.76 bits per heavy atom. The predicted octanol–water partition coefficient (Wildman–Crippen LogP) is 1.72. The molecule has 9 heteroatoms. The van der Waals surface area contributed by atoms with Crippen LogP contribution in [0.1, 0.15) is 19.7 Å². The molecule has 0 unspecified atom stereocenters. The Bertz CT molecular complexity index is 516. The van der Waals surface area contributed by atoms with E-state index in [1.165, 1.54) is 20.2 Å². The third kappa shape index (κ3) is 4.47. The molecule has 0 saturated carbocycles. The predicted molar refractivity (Wildman–Crippen MR) is 72.9 cm³/mol. The maximum atomic E-state index is 12.7. The number of carbonyl (C=O) groups excluding carboxylic acids is 1. The van der Waals surface area contributed by atoms with Gasteiger partial charge < -0.3 is 16.0 Å². The van der Waals surface area contributed by atoms with Gasteiger partial charge in [0.2, 0.25) is 11.7 Å². The molecule has 0 saturated heterocycles. The summed E-state index contributed by atoms with van der Waals surface area (Å²) in [5, 5.41) is 7.77. The number of amides is 1. The fourth-order valence-corrected chi connectivity index (χ4v) is 1.52. The second-order valence-corrected chi connectivity index (χ2v) is 5.03. The first-order valence-corrected chi connectivity index (χ1v) is 6.20. The van der Waals surface area contributed by atoms with Crippen LogP contribution in [0.4, 0.5) is 24.8 Å². The first-order valence-electron chi connectivity index (χ1n) is 6.20. The number of hydrogen-bond donors (Lipinski definition) is 3. The van der Waals surface area contributed by atoms with E-state index in [9.17, 15) is 18.0 Å². The lowest BCUT2D eigenvalue weighted by Crippen LogP contribution is -2.39. The van der Waals surface area contributed by atoms with Gasteiger partial charge in [-0.3, -0.25) is 4.79 Å². The number of anilines is 2. The Labute approximate surface area is 120 Å². The second-order valence-electron chi connectivity index (χ2n) is 5.03. The van der Waals surface area contributed by atoms with Crippen LogP contribution in [0.15, 0.2) is 6.07 Å². The third-order valence-corrected chi connectivity index (χ3v) is 2.79. The van der Waals surface area contributed by atoms with E-state index in [2.05, 4.69) is 25.9 Å². The lowest BCUT2D eigenvalue weighted by molar-refractivity contribution is -0.144. The smallest absolute Gasteiger partial charge is 0.373 e. The van der Waals surface area contributed by atoms with Gasteiger partial charge in [-0.2, -0.15) is 13.2 Å². The van der Waals surface area contributed by atoms with Crippen molar-refractivity contribution in [1.82, 2.24) is 15.3 Å². The third-order valence-electron chi connectivity index (χ3n) is 2.79. The van der Waals surface area contributed by atoms with Crippen LogP contribution < -0.4 is 16.0 Å². The van der Waals surface area contributed by atoms with Crippen molar-refractivity contribution in [2.24, 2.45) is 5.41 Å². The highest BCUT2D eigenvalue weighted by atomic mass is 19.4. The molecule has 0 fully saturated rings. The molecule has 1 rings (SSSR count). The molecule has 1 aromatic rings. The van der Waals surface area contributed by atoms with Crippen molar-refractivity contribution >= 4 is 17.5 Å². The van der Waals surface area contributed by atoms with Crippen LogP contribution in [-0.4, -0.2) is 36.5 Å². The van der Waals surface area contributed by atoms with Crippen molar-refractivity contribution in [3.05, 3.63) is 11.9 Å². The minimum atomic E-state index is -4.64. The Kier molecular flexibility index (Phi) is 4.97. The number of halogens is 3. The summed E-state index contributed by atoms with van der Waals surface area (Å²) in [4.78, 5) is 18.4. The van der Waals surface area contributed by atoms with E-state index in [1.54, 1.807) is 13.8 Å². The van der Waals surface area contributed by atoms with Crippen molar-refractivity contribution in [3.8, 4) is 0 Å². The molecular weight excluding hydrogens is 287 g/mol. The number of carbonyl (C=O) groups is 1. The standard InChI is InChI=1S/C12H18F3N5O/c1-11(2,10(21)17-4)6-18-8-5-7(16-3)19-9(20-8)12(13,14)15/h5H,6H2,1-4H3,(H,17,21)(H2,16,18,19,20). The zero-order valence-electron chi connectivity index (χ0n) is 12.2. The quantitative estimate of drug-likeness (QED) is 0.772. The summed E-state index contributed by atoms with van der Waals surface area (Å²) < 4.78 is 38.1. The summed E-state index contributed by atoms with van der Waals surface area (Å²) >= 11 is 0. The molecule has 1 aromatic heterocycles. The molecule has 1 amide bonds.